The van der Waals surface area contributed by atoms with Crippen molar-refractivity contribution >= 4 is 10.8 Å². The second-order valence-corrected chi connectivity index (χ2v) is 5.28. The van der Waals surface area contributed by atoms with Gasteiger partial charge in [0.1, 0.15) is 0 Å². The fourth-order valence-corrected chi connectivity index (χ4v) is 2.90. The standard InChI is InChI=1S/C16H18O.C2H6/c1-2-12-10-16(17,11-12)15-8-7-13-5-3-4-6-14(13)9-15;1-2/h3-9,12,17H,2,10-11H2,1H3;1-2H3. The lowest BCUT2D eigenvalue weighted by molar-refractivity contribution is -0.0805. The van der Waals surface area contributed by atoms with E-state index in [1.54, 1.807) is 0 Å². The predicted octanol–water partition coefficient (Wildman–Crippen LogP) is 4.87. The van der Waals surface area contributed by atoms with Crippen molar-refractivity contribution < 1.29 is 5.11 Å². The van der Waals surface area contributed by atoms with Gasteiger partial charge in [-0.2, -0.15) is 0 Å². The van der Waals surface area contributed by atoms with Crippen LogP contribution in [0.15, 0.2) is 42.5 Å². The third-order valence-corrected chi connectivity index (χ3v) is 4.12. The smallest absolute Gasteiger partial charge is 0.0902 e. The molecule has 3 rings (SSSR count). The molecule has 0 amide bonds. The fourth-order valence-electron chi connectivity index (χ4n) is 2.90. The molecule has 0 aromatic heterocycles. The van der Waals surface area contributed by atoms with E-state index in [2.05, 4.69) is 37.3 Å². The van der Waals surface area contributed by atoms with Crippen molar-refractivity contribution in [3.05, 3.63) is 48.0 Å². The zero-order valence-electron chi connectivity index (χ0n) is 12.2. The van der Waals surface area contributed by atoms with Gasteiger partial charge in [0.15, 0.2) is 0 Å². The zero-order chi connectivity index (χ0) is 13.9. The molecule has 102 valence electrons. The van der Waals surface area contributed by atoms with Crippen LogP contribution in [0.25, 0.3) is 10.8 Å². The Labute approximate surface area is 116 Å². The maximum atomic E-state index is 10.5. The minimum atomic E-state index is -0.565. The van der Waals surface area contributed by atoms with Crippen LogP contribution < -0.4 is 0 Å². The lowest BCUT2D eigenvalue weighted by Gasteiger charge is -2.44. The number of hydrogen-bond acceptors (Lipinski definition) is 1. The lowest BCUT2D eigenvalue weighted by Crippen LogP contribution is -2.40. The Morgan fingerprint density at radius 3 is 2.32 bits per heavy atom. The average Bonchev–Trinajstić information content (AvgIpc) is 2.45. The first-order valence-electron chi connectivity index (χ1n) is 7.43. The summed E-state index contributed by atoms with van der Waals surface area (Å²) >= 11 is 0. The molecule has 0 atom stereocenters. The van der Waals surface area contributed by atoms with E-state index >= 15 is 0 Å². The van der Waals surface area contributed by atoms with E-state index in [4.69, 9.17) is 0 Å². The van der Waals surface area contributed by atoms with Crippen LogP contribution in [0.2, 0.25) is 0 Å². The van der Waals surface area contributed by atoms with E-state index in [0.717, 1.165) is 18.4 Å². The molecule has 2 aromatic rings. The average molecular weight is 256 g/mol. The third kappa shape index (κ3) is 2.66. The Balaban J connectivity index is 0.000000637. The molecule has 1 fully saturated rings. The summed E-state index contributed by atoms with van der Waals surface area (Å²) in [5.41, 5.74) is 0.519. The molecule has 0 radical (unpaired) electrons. The normalized spacial score (nSPS) is 25.4. The van der Waals surface area contributed by atoms with Crippen molar-refractivity contribution in [1.29, 1.82) is 0 Å². The Morgan fingerprint density at radius 2 is 1.68 bits per heavy atom. The Hall–Kier alpha value is -1.34. The van der Waals surface area contributed by atoms with E-state index < -0.39 is 5.60 Å². The van der Waals surface area contributed by atoms with E-state index in [-0.39, 0.29) is 0 Å². The molecule has 2 aromatic carbocycles. The van der Waals surface area contributed by atoms with Crippen molar-refractivity contribution in [1.82, 2.24) is 0 Å². The second-order valence-electron chi connectivity index (χ2n) is 5.28. The molecule has 1 N–H and O–H groups in total. The minimum absolute atomic E-state index is 0.565. The van der Waals surface area contributed by atoms with Crippen LogP contribution in [-0.2, 0) is 5.60 Å². The van der Waals surface area contributed by atoms with E-state index in [1.807, 2.05) is 26.0 Å². The molecule has 0 spiro atoms. The van der Waals surface area contributed by atoms with Crippen molar-refractivity contribution in [2.24, 2.45) is 5.92 Å². The summed E-state index contributed by atoms with van der Waals surface area (Å²) < 4.78 is 0. The Morgan fingerprint density at radius 1 is 1.05 bits per heavy atom. The first-order valence-corrected chi connectivity index (χ1v) is 7.43. The van der Waals surface area contributed by atoms with E-state index in [0.29, 0.717) is 5.92 Å². The quantitative estimate of drug-likeness (QED) is 0.812. The van der Waals surface area contributed by atoms with Crippen LogP contribution in [0.4, 0.5) is 0 Å². The van der Waals surface area contributed by atoms with Gasteiger partial charge in [-0.25, -0.2) is 0 Å². The van der Waals surface area contributed by atoms with E-state index in [9.17, 15) is 5.11 Å². The van der Waals surface area contributed by atoms with Crippen LogP contribution in [0.1, 0.15) is 45.6 Å². The van der Waals surface area contributed by atoms with Gasteiger partial charge in [-0.15, -0.1) is 0 Å². The SMILES string of the molecule is CC.CCC1CC(O)(c2ccc3ccccc3c2)C1. The molecule has 0 bridgehead atoms. The van der Waals surface area contributed by atoms with Gasteiger partial charge in [0.25, 0.3) is 0 Å². The summed E-state index contributed by atoms with van der Waals surface area (Å²) in [5.74, 6) is 0.700. The van der Waals surface area contributed by atoms with Crippen molar-refractivity contribution in [3.63, 3.8) is 0 Å². The summed E-state index contributed by atoms with van der Waals surface area (Å²) in [7, 11) is 0. The van der Waals surface area contributed by atoms with Crippen LogP contribution in [0, 0.1) is 5.92 Å². The number of rotatable bonds is 2. The highest BCUT2D eigenvalue weighted by atomic mass is 16.3. The fraction of sp³-hybridized carbons (Fsp3) is 0.444. The van der Waals surface area contributed by atoms with E-state index in [1.165, 1.54) is 17.2 Å². The van der Waals surface area contributed by atoms with Gasteiger partial charge < -0.3 is 5.11 Å². The molecule has 1 aliphatic rings. The monoisotopic (exact) mass is 256 g/mol. The van der Waals surface area contributed by atoms with Crippen molar-refractivity contribution in [2.75, 3.05) is 0 Å². The summed E-state index contributed by atoms with van der Waals surface area (Å²) in [6.07, 6.45) is 3.01. The van der Waals surface area contributed by atoms with Gasteiger partial charge in [-0.05, 0) is 41.2 Å². The lowest BCUT2D eigenvalue weighted by atomic mass is 9.66. The van der Waals surface area contributed by atoms with Gasteiger partial charge in [0.05, 0.1) is 5.60 Å². The van der Waals surface area contributed by atoms with Crippen molar-refractivity contribution in [2.45, 2.75) is 45.6 Å². The van der Waals surface area contributed by atoms with Gasteiger partial charge >= 0.3 is 0 Å². The Bertz CT molecular complexity index is 538. The topological polar surface area (TPSA) is 20.2 Å². The summed E-state index contributed by atoms with van der Waals surface area (Å²) in [5, 5.41) is 13.0. The largest absolute Gasteiger partial charge is 0.385 e. The summed E-state index contributed by atoms with van der Waals surface area (Å²) in [4.78, 5) is 0. The van der Waals surface area contributed by atoms with Crippen LogP contribution in [0.3, 0.4) is 0 Å². The molecule has 1 saturated carbocycles. The maximum absolute atomic E-state index is 10.5. The highest BCUT2D eigenvalue weighted by molar-refractivity contribution is 5.83. The molecule has 1 heteroatoms. The molecule has 0 heterocycles. The summed E-state index contributed by atoms with van der Waals surface area (Å²) in [6.45, 7) is 6.20. The maximum Gasteiger partial charge on any atom is 0.0902 e. The summed E-state index contributed by atoms with van der Waals surface area (Å²) in [6, 6.07) is 14.6. The molecule has 0 unspecified atom stereocenters. The first kappa shape index (κ1) is 14.1. The second kappa shape index (κ2) is 5.75. The third-order valence-electron chi connectivity index (χ3n) is 4.12. The molecule has 19 heavy (non-hydrogen) atoms. The molecule has 0 aliphatic heterocycles. The molecule has 0 saturated heterocycles. The van der Waals surface area contributed by atoms with Gasteiger partial charge in [-0.3, -0.25) is 0 Å². The van der Waals surface area contributed by atoms with Crippen LogP contribution in [0.5, 0.6) is 0 Å². The van der Waals surface area contributed by atoms with Crippen molar-refractivity contribution in [3.8, 4) is 0 Å². The highest BCUT2D eigenvalue weighted by Crippen LogP contribution is 2.47. The molecular weight excluding hydrogens is 232 g/mol. The predicted molar refractivity (Wildman–Crippen MR) is 82.2 cm³/mol. The zero-order valence-corrected chi connectivity index (χ0v) is 12.2. The number of fused-ring (bicyclic) bond motifs is 1. The van der Waals surface area contributed by atoms with Gasteiger partial charge in [0.2, 0.25) is 0 Å². The molecule has 1 aliphatic carbocycles. The molecule has 1 nitrogen and oxygen atoms in total. The van der Waals surface area contributed by atoms with Gasteiger partial charge in [-0.1, -0.05) is 63.6 Å². The van der Waals surface area contributed by atoms with Crippen LogP contribution in [-0.4, -0.2) is 5.11 Å². The Kier molecular flexibility index (Phi) is 4.26. The number of benzene rings is 2. The van der Waals surface area contributed by atoms with Crippen LogP contribution >= 0.6 is 0 Å². The number of aliphatic hydroxyl groups is 1. The highest BCUT2D eigenvalue weighted by Gasteiger charge is 2.42. The molecular formula is C18H24O. The first-order chi connectivity index (χ1) is 9.21. The minimum Gasteiger partial charge on any atom is -0.385 e. The number of hydrogen-bond donors (Lipinski definition) is 1. The van der Waals surface area contributed by atoms with Gasteiger partial charge in [0, 0.05) is 0 Å².